The summed E-state index contributed by atoms with van der Waals surface area (Å²) >= 11 is 12.2. The molecule has 0 N–H and O–H groups in total. The van der Waals surface area contributed by atoms with E-state index in [-0.39, 0.29) is 0 Å². The molecule has 112 valence electrons. The van der Waals surface area contributed by atoms with Gasteiger partial charge in [0.1, 0.15) is 16.7 Å². The second-order valence-corrected chi connectivity index (χ2v) is 5.88. The van der Waals surface area contributed by atoms with Crippen LogP contribution < -0.4 is 4.74 Å². The van der Waals surface area contributed by atoms with Gasteiger partial charge in [0.05, 0.1) is 0 Å². The molecule has 0 fully saturated rings. The van der Waals surface area contributed by atoms with Crippen molar-refractivity contribution in [1.29, 1.82) is 0 Å². The minimum Gasteiger partial charge on any atom is -0.438 e. The Balaban J connectivity index is 2.44. The molecule has 0 atom stereocenters. The van der Waals surface area contributed by atoms with Crippen LogP contribution >= 0.6 is 23.2 Å². The molecule has 0 radical (unpaired) electrons. The summed E-state index contributed by atoms with van der Waals surface area (Å²) in [6, 6.07) is 3.74. The fraction of sp³-hybridized carbons (Fsp3) is 0.375. The molecule has 1 aromatic carbocycles. The van der Waals surface area contributed by atoms with Gasteiger partial charge in [-0.15, -0.1) is 0 Å². The Morgan fingerprint density at radius 3 is 2.24 bits per heavy atom. The van der Waals surface area contributed by atoms with Crippen molar-refractivity contribution in [3.63, 3.8) is 0 Å². The van der Waals surface area contributed by atoms with Crippen molar-refractivity contribution in [1.82, 2.24) is 9.97 Å². The molecule has 5 heteroatoms. The number of aryl methyl sites for hydroxylation is 3. The molecule has 2 rings (SSSR count). The monoisotopic (exact) mass is 324 g/mol. The SMILES string of the molecule is CCCc1nc(Cl)c(C)c(Oc2c(C)cc(Cl)cc2C)n1. The number of halogens is 2. The molecule has 0 aliphatic carbocycles. The van der Waals surface area contributed by atoms with Crippen molar-refractivity contribution in [2.75, 3.05) is 0 Å². The molecule has 0 spiro atoms. The van der Waals surface area contributed by atoms with E-state index in [1.54, 1.807) is 0 Å². The Morgan fingerprint density at radius 2 is 1.67 bits per heavy atom. The lowest BCUT2D eigenvalue weighted by atomic mass is 10.1. The number of aromatic nitrogens is 2. The van der Waals surface area contributed by atoms with Crippen molar-refractivity contribution < 1.29 is 4.74 Å². The predicted octanol–water partition coefficient (Wildman–Crippen LogP) is 5.45. The first-order chi connectivity index (χ1) is 9.92. The summed E-state index contributed by atoms with van der Waals surface area (Å²) in [6.07, 6.45) is 1.73. The van der Waals surface area contributed by atoms with Gasteiger partial charge >= 0.3 is 0 Å². The van der Waals surface area contributed by atoms with E-state index in [1.165, 1.54) is 0 Å². The standard InChI is InChI=1S/C16H18Cl2N2O/c1-5-6-13-19-15(18)11(4)16(20-13)21-14-9(2)7-12(17)8-10(14)3/h7-8H,5-6H2,1-4H3. The highest BCUT2D eigenvalue weighted by atomic mass is 35.5. The maximum absolute atomic E-state index is 6.17. The molecule has 0 unspecified atom stereocenters. The third-order valence-corrected chi connectivity index (χ3v) is 3.77. The molecule has 0 aliphatic rings. The predicted molar refractivity (Wildman–Crippen MR) is 86.8 cm³/mol. The molecular formula is C16H18Cl2N2O. The highest BCUT2D eigenvalue weighted by Gasteiger charge is 2.14. The van der Waals surface area contributed by atoms with E-state index < -0.39 is 0 Å². The number of hydrogen-bond donors (Lipinski definition) is 0. The average Bonchev–Trinajstić information content (AvgIpc) is 2.39. The molecule has 0 aliphatic heterocycles. The highest BCUT2D eigenvalue weighted by Crippen LogP contribution is 2.33. The molecule has 2 aromatic rings. The normalized spacial score (nSPS) is 10.8. The van der Waals surface area contributed by atoms with Crippen LogP contribution in [-0.2, 0) is 6.42 Å². The number of benzene rings is 1. The average molecular weight is 325 g/mol. The summed E-state index contributed by atoms with van der Waals surface area (Å²) in [5.74, 6) is 1.97. The lowest BCUT2D eigenvalue weighted by molar-refractivity contribution is 0.447. The van der Waals surface area contributed by atoms with Crippen molar-refractivity contribution in [2.24, 2.45) is 0 Å². The maximum atomic E-state index is 6.17. The molecule has 21 heavy (non-hydrogen) atoms. The largest absolute Gasteiger partial charge is 0.438 e. The van der Waals surface area contributed by atoms with Crippen LogP contribution in [0.25, 0.3) is 0 Å². The fourth-order valence-corrected chi connectivity index (χ4v) is 2.61. The van der Waals surface area contributed by atoms with Gasteiger partial charge in [-0.05, 0) is 50.5 Å². The Hall–Kier alpha value is -1.32. The minimum absolute atomic E-state index is 0.438. The highest BCUT2D eigenvalue weighted by molar-refractivity contribution is 6.30. The van der Waals surface area contributed by atoms with E-state index in [2.05, 4.69) is 16.9 Å². The fourth-order valence-electron chi connectivity index (χ4n) is 2.10. The van der Waals surface area contributed by atoms with Gasteiger partial charge in [-0.2, -0.15) is 4.98 Å². The number of hydrogen-bond acceptors (Lipinski definition) is 3. The van der Waals surface area contributed by atoms with Crippen LogP contribution in [0.1, 0.15) is 35.9 Å². The minimum atomic E-state index is 0.438. The quantitative estimate of drug-likeness (QED) is 0.701. The third kappa shape index (κ3) is 3.66. The molecule has 0 saturated heterocycles. The summed E-state index contributed by atoms with van der Waals surface area (Å²) in [5, 5.41) is 1.13. The van der Waals surface area contributed by atoms with Gasteiger partial charge in [0.15, 0.2) is 0 Å². The molecular weight excluding hydrogens is 307 g/mol. The topological polar surface area (TPSA) is 35.0 Å². The van der Waals surface area contributed by atoms with Gasteiger partial charge in [0, 0.05) is 17.0 Å². The van der Waals surface area contributed by atoms with E-state index in [1.807, 2.05) is 32.9 Å². The summed E-state index contributed by atoms with van der Waals surface area (Å²) in [5.41, 5.74) is 2.67. The molecule has 0 saturated carbocycles. The van der Waals surface area contributed by atoms with Gasteiger partial charge in [-0.1, -0.05) is 30.1 Å². The first kappa shape index (κ1) is 16.1. The van der Waals surface area contributed by atoms with Crippen molar-refractivity contribution in [3.8, 4) is 11.6 Å². The zero-order valence-corrected chi connectivity index (χ0v) is 14.1. The zero-order valence-electron chi connectivity index (χ0n) is 12.6. The van der Waals surface area contributed by atoms with E-state index in [4.69, 9.17) is 27.9 Å². The van der Waals surface area contributed by atoms with Gasteiger partial charge in [0.2, 0.25) is 5.88 Å². The maximum Gasteiger partial charge on any atom is 0.227 e. The van der Waals surface area contributed by atoms with E-state index in [0.717, 1.165) is 35.3 Å². The van der Waals surface area contributed by atoms with Crippen molar-refractivity contribution in [3.05, 3.63) is 44.8 Å². The number of nitrogens with zero attached hydrogens (tertiary/aromatic N) is 2. The van der Waals surface area contributed by atoms with Crippen LogP contribution in [0, 0.1) is 20.8 Å². The third-order valence-electron chi connectivity index (χ3n) is 3.19. The van der Waals surface area contributed by atoms with Crippen LogP contribution in [0.2, 0.25) is 10.2 Å². The van der Waals surface area contributed by atoms with E-state index in [0.29, 0.717) is 21.9 Å². The lowest BCUT2D eigenvalue weighted by Crippen LogP contribution is -2.02. The van der Waals surface area contributed by atoms with Crippen LogP contribution in [0.5, 0.6) is 11.6 Å². The van der Waals surface area contributed by atoms with Gasteiger partial charge in [-0.3, -0.25) is 0 Å². The smallest absolute Gasteiger partial charge is 0.227 e. The Labute approximate surface area is 135 Å². The summed E-state index contributed by atoms with van der Waals surface area (Å²) < 4.78 is 6.00. The van der Waals surface area contributed by atoms with Crippen LogP contribution in [-0.4, -0.2) is 9.97 Å². The Kier molecular flexibility index (Phi) is 5.07. The number of ether oxygens (including phenoxy) is 1. The Morgan fingerprint density at radius 1 is 1.05 bits per heavy atom. The summed E-state index contributed by atoms with van der Waals surface area (Å²) in [4.78, 5) is 8.75. The van der Waals surface area contributed by atoms with Crippen LogP contribution in [0.15, 0.2) is 12.1 Å². The number of rotatable bonds is 4. The first-order valence-electron chi connectivity index (χ1n) is 6.90. The molecule has 0 bridgehead atoms. The first-order valence-corrected chi connectivity index (χ1v) is 7.65. The zero-order chi connectivity index (χ0) is 15.6. The second kappa shape index (κ2) is 6.63. The van der Waals surface area contributed by atoms with Crippen LogP contribution in [0.3, 0.4) is 0 Å². The summed E-state index contributed by atoms with van der Waals surface area (Å²) in [7, 11) is 0. The molecule has 0 amide bonds. The van der Waals surface area contributed by atoms with E-state index in [9.17, 15) is 0 Å². The van der Waals surface area contributed by atoms with Crippen molar-refractivity contribution >= 4 is 23.2 Å². The van der Waals surface area contributed by atoms with Gasteiger partial charge < -0.3 is 4.74 Å². The molecule has 1 heterocycles. The Bertz CT molecular complexity index is 649. The van der Waals surface area contributed by atoms with Crippen molar-refractivity contribution in [2.45, 2.75) is 40.5 Å². The summed E-state index contributed by atoms with van der Waals surface area (Å²) in [6.45, 7) is 7.84. The lowest BCUT2D eigenvalue weighted by Gasteiger charge is -2.14. The molecule has 3 nitrogen and oxygen atoms in total. The van der Waals surface area contributed by atoms with E-state index >= 15 is 0 Å². The van der Waals surface area contributed by atoms with Gasteiger partial charge in [0.25, 0.3) is 0 Å². The van der Waals surface area contributed by atoms with Gasteiger partial charge in [-0.25, -0.2) is 4.98 Å². The second-order valence-electron chi connectivity index (χ2n) is 5.08. The van der Waals surface area contributed by atoms with Crippen LogP contribution in [0.4, 0.5) is 0 Å². The molecule has 1 aromatic heterocycles.